The first-order chi connectivity index (χ1) is 24.7. The van der Waals surface area contributed by atoms with Crippen molar-refractivity contribution in [3.63, 3.8) is 0 Å². The molecule has 52 heavy (non-hydrogen) atoms. The lowest BCUT2D eigenvalue weighted by atomic mass is 10.0. The zero-order valence-corrected chi connectivity index (χ0v) is 29.9. The molecule has 0 aromatic carbocycles. The first-order valence-electron chi connectivity index (χ1n) is 16.3. The predicted molar refractivity (Wildman–Crippen MR) is 181 cm³/mol. The second-order valence-corrected chi connectivity index (χ2v) is 11.8. The van der Waals surface area contributed by atoms with Gasteiger partial charge < -0.3 is 28.6 Å². The fourth-order valence-corrected chi connectivity index (χ4v) is 5.18. The molecule has 4 atom stereocenters. The van der Waals surface area contributed by atoms with Crippen molar-refractivity contribution >= 4 is 35.8 Å². The van der Waals surface area contributed by atoms with Crippen LogP contribution >= 0.6 is 0 Å². The molecule has 3 aromatic rings. The minimum atomic E-state index is -1.63. The van der Waals surface area contributed by atoms with Crippen LogP contribution in [0.1, 0.15) is 62.1 Å². The van der Waals surface area contributed by atoms with Crippen LogP contribution in [0.2, 0.25) is 0 Å². The number of aromatic nitrogens is 3. The van der Waals surface area contributed by atoms with Gasteiger partial charge >= 0.3 is 29.8 Å². The molecule has 16 nitrogen and oxygen atoms in total. The summed E-state index contributed by atoms with van der Waals surface area (Å²) in [6, 6.07) is 14.7. The molecular formula is C36H43N5O11. The number of hydrogen-bond donors (Lipinski definition) is 0. The molecule has 1 amide bonds. The molecule has 4 unspecified atom stereocenters. The number of carbonyl (C=O) groups is 6. The molecule has 0 spiro atoms. The molecule has 0 bridgehead atoms. The number of rotatable bonds is 18. The normalized spacial score (nSPS) is 13.1. The maximum Gasteiger partial charge on any atom is 0.303 e. The molecular weight excluding hydrogens is 678 g/mol. The molecule has 0 saturated heterocycles. The van der Waals surface area contributed by atoms with Gasteiger partial charge in [0.25, 0.3) is 5.91 Å². The van der Waals surface area contributed by atoms with Gasteiger partial charge in [0.1, 0.15) is 6.61 Å². The van der Waals surface area contributed by atoms with Crippen molar-refractivity contribution < 1.29 is 52.5 Å². The molecule has 0 N–H and O–H groups in total. The molecule has 3 heterocycles. The highest BCUT2D eigenvalue weighted by atomic mass is 16.6. The largest absolute Gasteiger partial charge is 0.462 e. The van der Waals surface area contributed by atoms with Crippen molar-refractivity contribution in [1.82, 2.24) is 24.8 Å². The fraction of sp³-hybridized carbons (Fsp3) is 0.417. The van der Waals surface area contributed by atoms with Gasteiger partial charge in [0, 0.05) is 79.9 Å². The lowest BCUT2D eigenvalue weighted by Gasteiger charge is -2.36. The molecule has 16 heteroatoms. The van der Waals surface area contributed by atoms with Gasteiger partial charge in [-0.25, -0.2) is 0 Å². The van der Waals surface area contributed by atoms with Crippen molar-refractivity contribution in [2.45, 2.75) is 78.7 Å². The first-order valence-corrected chi connectivity index (χ1v) is 16.3. The Morgan fingerprint density at radius 3 is 1.50 bits per heavy atom. The third-order valence-electron chi connectivity index (χ3n) is 7.23. The van der Waals surface area contributed by atoms with E-state index in [1.807, 2.05) is 36.4 Å². The minimum absolute atomic E-state index is 0.196. The van der Waals surface area contributed by atoms with E-state index in [9.17, 15) is 28.8 Å². The van der Waals surface area contributed by atoms with E-state index in [0.717, 1.165) is 46.0 Å². The standard InChI is InChI=1S/C36H43N5O11/c1-23(42)48-22-33(50-25(3)44)35(52-27(5)46)34(51-26(4)45)32(49-24(2)43)21-40(6)36(47)28-13-14-31(39-17-28)20-41(18-29-11-7-9-15-37-29)19-30-12-8-10-16-38-30/h7-17,32-35H,18-22H2,1-6H3. The van der Waals surface area contributed by atoms with Gasteiger partial charge in [-0.3, -0.25) is 48.6 Å². The van der Waals surface area contributed by atoms with Crippen molar-refractivity contribution in [2.75, 3.05) is 20.2 Å². The topological polar surface area (TPSA) is 194 Å². The van der Waals surface area contributed by atoms with Gasteiger partial charge in [0.2, 0.25) is 0 Å². The average Bonchev–Trinajstić information content (AvgIpc) is 3.08. The van der Waals surface area contributed by atoms with E-state index < -0.39 is 66.8 Å². The molecule has 0 aliphatic rings. The molecule has 0 saturated carbocycles. The third kappa shape index (κ3) is 13.9. The molecule has 278 valence electrons. The summed E-state index contributed by atoms with van der Waals surface area (Å²) >= 11 is 0. The Labute approximate surface area is 301 Å². The van der Waals surface area contributed by atoms with Gasteiger partial charge in [0.05, 0.1) is 29.2 Å². The Kier molecular flexibility index (Phi) is 15.8. The number of carbonyl (C=O) groups excluding carboxylic acids is 6. The Morgan fingerprint density at radius 1 is 0.596 bits per heavy atom. The van der Waals surface area contributed by atoms with Crippen LogP contribution in [0.25, 0.3) is 0 Å². The van der Waals surface area contributed by atoms with Crippen LogP contribution in [0.5, 0.6) is 0 Å². The minimum Gasteiger partial charge on any atom is -0.462 e. The lowest BCUT2D eigenvalue weighted by Crippen LogP contribution is -2.55. The van der Waals surface area contributed by atoms with Crippen LogP contribution in [0.15, 0.2) is 67.1 Å². The zero-order chi connectivity index (χ0) is 38.2. The number of likely N-dealkylation sites (N-methyl/N-ethyl adjacent to an activating group) is 1. The number of pyridine rings is 3. The average molecular weight is 722 g/mol. The quantitative estimate of drug-likeness (QED) is 0.137. The van der Waals surface area contributed by atoms with Crippen LogP contribution in [-0.2, 0) is 67.3 Å². The molecule has 0 aliphatic carbocycles. The summed E-state index contributed by atoms with van der Waals surface area (Å²) in [7, 11) is 1.42. The van der Waals surface area contributed by atoms with Crippen molar-refractivity contribution in [1.29, 1.82) is 0 Å². The Bertz CT molecular complexity index is 1620. The van der Waals surface area contributed by atoms with Crippen LogP contribution in [-0.4, -0.2) is 105 Å². The second kappa shape index (κ2) is 20.2. The summed E-state index contributed by atoms with van der Waals surface area (Å²) < 4.78 is 26.7. The van der Waals surface area contributed by atoms with E-state index in [0.29, 0.717) is 25.3 Å². The van der Waals surface area contributed by atoms with Crippen molar-refractivity contribution in [3.05, 3.63) is 89.8 Å². The van der Waals surface area contributed by atoms with E-state index in [2.05, 4.69) is 19.9 Å². The van der Waals surface area contributed by atoms with Gasteiger partial charge in [-0.05, 0) is 36.4 Å². The summed E-state index contributed by atoms with van der Waals surface area (Å²) in [6.07, 6.45) is -1.32. The smallest absolute Gasteiger partial charge is 0.303 e. The van der Waals surface area contributed by atoms with Gasteiger partial charge in [-0.1, -0.05) is 12.1 Å². The predicted octanol–water partition coefficient (Wildman–Crippen LogP) is 2.44. The first kappa shape index (κ1) is 40.7. The Balaban J connectivity index is 1.85. The monoisotopic (exact) mass is 721 g/mol. The van der Waals surface area contributed by atoms with E-state index in [-0.39, 0.29) is 12.1 Å². The SMILES string of the molecule is CC(=O)OCC(OC(C)=O)C(OC(C)=O)C(OC(C)=O)C(CN(C)C(=O)c1ccc(CN(Cc2ccccn2)Cc2ccccn2)nc1)OC(C)=O. The molecule has 3 aromatic heterocycles. The Hall–Kier alpha value is -5.77. The maximum atomic E-state index is 13.6. The summed E-state index contributed by atoms with van der Waals surface area (Å²) in [5.41, 5.74) is 2.60. The fourth-order valence-electron chi connectivity index (χ4n) is 5.18. The van der Waals surface area contributed by atoms with Crippen molar-refractivity contribution in [2.24, 2.45) is 0 Å². The van der Waals surface area contributed by atoms with E-state index >= 15 is 0 Å². The number of nitrogens with zero attached hydrogens (tertiary/aromatic N) is 5. The molecule has 0 fully saturated rings. The second-order valence-electron chi connectivity index (χ2n) is 11.8. The highest BCUT2D eigenvalue weighted by Crippen LogP contribution is 2.22. The molecule has 3 rings (SSSR count). The zero-order valence-electron chi connectivity index (χ0n) is 29.9. The highest BCUT2D eigenvalue weighted by Gasteiger charge is 2.44. The molecule has 0 aliphatic heterocycles. The number of amides is 1. The highest BCUT2D eigenvalue weighted by molar-refractivity contribution is 5.93. The van der Waals surface area contributed by atoms with E-state index in [4.69, 9.17) is 23.7 Å². The maximum absolute atomic E-state index is 13.6. The summed E-state index contributed by atoms with van der Waals surface area (Å²) in [5.74, 6) is -4.67. The number of ether oxygens (including phenoxy) is 5. The van der Waals surface area contributed by atoms with E-state index in [1.54, 1.807) is 24.5 Å². The van der Waals surface area contributed by atoms with Gasteiger partial charge in [-0.15, -0.1) is 0 Å². The lowest BCUT2D eigenvalue weighted by molar-refractivity contribution is -0.203. The third-order valence-corrected chi connectivity index (χ3v) is 7.23. The van der Waals surface area contributed by atoms with Crippen LogP contribution in [0.4, 0.5) is 0 Å². The van der Waals surface area contributed by atoms with Crippen LogP contribution in [0.3, 0.4) is 0 Å². The summed E-state index contributed by atoms with van der Waals surface area (Å²) in [4.78, 5) is 90.7. The van der Waals surface area contributed by atoms with Gasteiger partial charge in [-0.2, -0.15) is 0 Å². The summed E-state index contributed by atoms with van der Waals surface area (Å²) in [6.45, 7) is 5.89. The Morgan fingerprint density at radius 2 is 1.08 bits per heavy atom. The summed E-state index contributed by atoms with van der Waals surface area (Å²) in [5, 5.41) is 0. The van der Waals surface area contributed by atoms with Crippen LogP contribution in [0, 0.1) is 0 Å². The van der Waals surface area contributed by atoms with Crippen LogP contribution < -0.4 is 0 Å². The number of esters is 5. The van der Waals surface area contributed by atoms with E-state index in [1.165, 1.54) is 18.1 Å². The van der Waals surface area contributed by atoms with Crippen molar-refractivity contribution in [3.8, 4) is 0 Å². The van der Waals surface area contributed by atoms with Gasteiger partial charge in [0.15, 0.2) is 24.4 Å². The number of hydrogen-bond acceptors (Lipinski definition) is 15. The molecule has 0 radical (unpaired) electrons.